The number of aromatic nitrogens is 2. The number of nitrogens with zero attached hydrogens (tertiary/aromatic N) is 2. The third-order valence-corrected chi connectivity index (χ3v) is 3.20. The third kappa shape index (κ3) is 2.47. The van der Waals surface area contributed by atoms with E-state index in [4.69, 9.17) is 11.6 Å². The van der Waals surface area contributed by atoms with Crippen molar-refractivity contribution in [2.75, 3.05) is 0 Å². The van der Waals surface area contributed by atoms with Crippen molar-refractivity contribution >= 4 is 11.6 Å². The predicted octanol–water partition coefficient (Wildman–Crippen LogP) is 3.98. The molecule has 0 bridgehead atoms. The Hall–Kier alpha value is -1.41. The molecule has 0 aliphatic carbocycles. The minimum atomic E-state index is 0.534. The highest BCUT2D eigenvalue weighted by molar-refractivity contribution is 6.30. The lowest BCUT2D eigenvalue weighted by Crippen LogP contribution is -1.96. The van der Waals surface area contributed by atoms with E-state index in [1.807, 2.05) is 13.8 Å². The Morgan fingerprint density at radius 3 is 2.29 bits per heavy atom. The molecule has 17 heavy (non-hydrogen) atoms. The smallest absolute Gasteiger partial charge is 0.136 e. The summed E-state index contributed by atoms with van der Waals surface area (Å²) >= 11 is 6.08. The number of hydrogen-bond donors (Lipinski definition) is 0. The van der Waals surface area contributed by atoms with E-state index < -0.39 is 0 Å². The summed E-state index contributed by atoms with van der Waals surface area (Å²) in [6, 6.07) is 8.42. The van der Waals surface area contributed by atoms with Crippen molar-refractivity contribution in [2.45, 2.75) is 27.2 Å². The van der Waals surface area contributed by atoms with Crippen molar-refractivity contribution in [1.29, 1.82) is 0 Å². The molecule has 0 N–H and O–H groups in total. The van der Waals surface area contributed by atoms with E-state index >= 15 is 0 Å². The maximum atomic E-state index is 6.08. The Kier molecular flexibility index (Phi) is 3.43. The first-order valence-electron chi connectivity index (χ1n) is 5.72. The van der Waals surface area contributed by atoms with Crippen LogP contribution in [0.2, 0.25) is 5.15 Å². The third-order valence-electron chi connectivity index (χ3n) is 2.83. The molecule has 0 aliphatic rings. The number of rotatable bonds is 2. The van der Waals surface area contributed by atoms with E-state index in [1.54, 1.807) is 0 Å². The van der Waals surface area contributed by atoms with Crippen molar-refractivity contribution in [3.63, 3.8) is 0 Å². The average molecular weight is 247 g/mol. The predicted molar refractivity (Wildman–Crippen MR) is 71.3 cm³/mol. The van der Waals surface area contributed by atoms with E-state index in [9.17, 15) is 0 Å². The maximum Gasteiger partial charge on any atom is 0.136 e. The molecule has 0 saturated carbocycles. The number of aryl methyl sites for hydroxylation is 2. The van der Waals surface area contributed by atoms with Crippen LogP contribution < -0.4 is 0 Å². The zero-order valence-corrected chi connectivity index (χ0v) is 11.0. The van der Waals surface area contributed by atoms with E-state index in [-0.39, 0.29) is 0 Å². The second-order valence-electron chi connectivity index (χ2n) is 4.09. The van der Waals surface area contributed by atoms with E-state index in [1.165, 1.54) is 5.56 Å². The monoisotopic (exact) mass is 246 g/mol. The van der Waals surface area contributed by atoms with Crippen LogP contribution in [0.25, 0.3) is 11.3 Å². The fraction of sp³-hybridized carbons (Fsp3) is 0.286. The quantitative estimate of drug-likeness (QED) is 0.750. The minimum Gasteiger partial charge on any atom is -0.233 e. The van der Waals surface area contributed by atoms with E-state index in [0.29, 0.717) is 11.0 Å². The van der Waals surface area contributed by atoms with Gasteiger partial charge in [0.2, 0.25) is 0 Å². The topological polar surface area (TPSA) is 25.8 Å². The van der Waals surface area contributed by atoms with Crippen LogP contribution in [0.3, 0.4) is 0 Å². The molecule has 0 atom stereocenters. The second-order valence-corrected chi connectivity index (χ2v) is 4.44. The van der Waals surface area contributed by atoms with Crippen LogP contribution in [0.1, 0.15) is 23.9 Å². The zero-order chi connectivity index (χ0) is 12.4. The molecule has 1 aromatic heterocycles. The van der Waals surface area contributed by atoms with E-state index in [2.05, 4.69) is 41.2 Å². The SMILES string of the molecule is CCc1ccc(-c2nc(C)nc(Cl)c2C)cc1. The van der Waals surface area contributed by atoms with Gasteiger partial charge in [-0.2, -0.15) is 0 Å². The van der Waals surface area contributed by atoms with Crippen molar-refractivity contribution in [3.05, 3.63) is 46.4 Å². The van der Waals surface area contributed by atoms with Gasteiger partial charge in [0.25, 0.3) is 0 Å². The second kappa shape index (κ2) is 4.84. The molecule has 2 rings (SSSR count). The van der Waals surface area contributed by atoms with Crippen LogP contribution in [0.4, 0.5) is 0 Å². The molecule has 2 nitrogen and oxygen atoms in total. The first-order chi connectivity index (χ1) is 8.11. The fourth-order valence-corrected chi connectivity index (χ4v) is 1.99. The van der Waals surface area contributed by atoms with Crippen LogP contribution >= 0.6 is 11.6 Å². The molecule has 0 radical (unpaired) electrons. The Bertz CT molecular complexity index is 533. The Balaban J connectivity index is 2.52. The lowest BCUT2D eigenvalue weighted by Gasteiger charge is -2.08. The van der Waals surface area contributed by atoms with Crippen molar-refractivity contribution in [1.82, 2.24) is 9.97 Å². The van der Waals surface area contributed by atoms with Gasteiger partial charge in [-0.15, -0.1) is 0 Å². The molecule has 0 aliphatic heterocycles. The molecule has 0 spiro atoms. The van der Waals surface area contributed by atoms with Gasteiger partial charge >= 0.3 is 0 Å². The highest BCUT2D eigenvalue weighted by Crippen LogP contribution is 2.25. The summed E-state index contributed by atoms with van der Waals surface area (Å²) in [7, 11) is 0. The molecule has 0 amide bonds. The van der Waals surface area contributed by atoms with Gasteiger partial charge in [0, 0.05) is 11.1 Å². The van der Waals surface area contributed by atoms with Gasteiger partial charge in [-0.1, -0.05) is 42.8 Å². The molecule has 0 unspecified atom stereocenters. The van der Waals surface area contributed by atoms with Gasteiger partial charge in [-0.05, 0) is 25.8 Å². The van der Waals surface area contributed by atoms with Crippen molar-refractivity contribution in [2.24, 2.45) is 0 Å². The molecular weight excluding hydrogens is 232 g/mol. The number of benzene rings is 1. The molecule has 1 aromatic carbocycles. The lowest BCUT2D eigenvalue weighted by molar-refractivity contribution is 1.04. The highest BCUT2D eigenvalue weighted by atomic mass is 35.5. The first-order valence-corrected chi connectivity index (χ1v) is 6.09. The van der Waals surface area contributed by atoms with Gasteiger partial charge in [0.15, 0.2) is 0 Å². The van der Waals surface area contributed by atoms with Crippen LogP contribution in [-0.4, -0.2) is 9.97 Å². The molecular formula is C14H15ClN2. The first kappa shape index (κ1) is 12.1. The lowest BCUT2D eigenvalue weighted by atomic mass is 10.0. The van der Waals surface area contributed by atoms with E-state index in [0.717, 1.165) is 23.2 Å². The summed E-state index contributed by atoms with van der Waals surface area (Å²) in [6.07, 6.45) is 1.04. The summed E-state index contributed by atoms with van der Waals surface area (Å²) in [5, 5.41) is 0.534. The summed E-state index contributed by atoms with van der Waals surface area (Å²) in [5.74, 6) is 0.704. The van der Waals surface area contributed by atoms with Gasteiger partial charge in [-0.25, -0.2) is 9.97 Å². The van der Waals surface area contributed by atoms with Gasteiger partial charge in [0.1, 0.15) is 11.0 Å². The summed E-state index contributed by atoms with van der Waals surface area (Å²) in [5.41, 5.74) is 4.27. The van der Waals surface area contributed by atoms with Gasteiger partial charge in [-0.3, -0.25) is 0 Å². The standard InChI is InChI=1S/C14H15ClN2/c1-4-11-5-7-12(8-6-11)13-9(2)14(15)17-10(3)16-13/h5-8H,4H2,1-3H3. The average Bonchev–Trinajstić information content (AvgIpc) is 2.34. The largest absolute Gasteiger partial charge is 0.233 e. The normalized spacial score (nSPS) is 10.6. The number of halogens is 1. The van der Waals surface area contributed by atoms with Crippen LogP contribution in [0.15, 0.2) is 24.3 Å². The maximum absolute atomic E-state index is 6.08. The highest BCUT2D eigenvalue weighted by Gasteiger charge is 2.09. The zero-order valence-electron chi connectivity index (χ0n) is 10.3. The number of hydrogen-bond acceptors (Lipinski definition) is 2. The van der Waals surface area contributed by atoms with Crippen LogP contribution in [-0.2, 0) is 6.42 Å². The summed E-state index contributed by atoms with van der Waals surface area (Å²) < 4.78 is 0. The summed E-state index contributed by atoms with van der Waals surface area (Å²) in [4.78, 5) is 8.61. The summed E-state index contributed by atoms with van der Waals surface area (Å²) in [6.45, 7) is 5.95. The Labute approximate surface area is 107 Å². The molecule has 1 heterocycles. The Morgan fingerprint density at radius 2 is 1.71 bits per heavy atom. The van der Waals surface area contributed by atoms with Crippen molar-refractivity contribution < 1.29 is 0 Å². The molecule has 2 aromatic rings. The van der Waals surface area contributed by atoms with Crippen molar-refractivity contribution in [3.8, 4) is 11.3 Å². The van der Waals surface area contributed by atoms with Crippen LogP contribution in [0.5, 0.6) is 0 Å². The van der Waals surface area contributed by atoms with Gasteiger partial charge < -0.3 is 0 Å². The fourth-order valence-electron chi connectivity index (χ4n) is 1.77. The molecule has 0 fully saturated rings. The molecule has 0 saturated heterocycles. The molecule has 88 valence electrons. The Morgan fingerprint density at radius 1 is 1.06 bits per heavy atom. The minimum absolute atomic E-state index is 0.534. The van der Waals surface area contributed by atoms with Gasteiger partial charge in [0.05, 0.1) is 5.69 Å². The van der Waals surface area contributed by atoms with Crippen LogP contribution in [0, 0.1) is 13.8 Å². The molecule has 3 heteroatoms.